The zero-order chi connectivity index (χ0) is 16.8. The molecule has 0 radical (unpaired) electrons. The number of amides is 1. The predicted octanol–water partition coefficient (Wildman–Crippen LogP) is 2.14. The Labute approximate surface area is 139 Å². The fourth-order valence-corrected chi connectivity index (χ4v) is 3.55. The summed E-state index contributed by atoms with van der Waals surface area (Å²) in [5.41, 5.74) is 2.54. The molecule has 0 aliphatic carbocycles. The summed E-state index contributed by atoms with van der Waals surface area (Å²) in [6.45, 7) is 7.72. The minimum Gasteiger partial charge on any atom is -0.395 e. The summed E-state index contributed by atoms with van der Waals surface area (Å²) >= 11 is 0. The van der Waals surface area contributed by atoms with E-state index in [0.29, 0.717) is 12.5 Å². The third-order valence-electron chi connectivity index (χ3n) is 4.96. The van der Waals surface area contributed by atoms with Crippen LogP contribution in [0.4, 0.5) is 0 Å². The molecule has 3 atom stereocenters. The minimum atomic E-state index is 0.0543. The summed E-state index contributed by atoms with van der Waals surface area (Å²) in [5.74, 6) is 0.504. The van der Waals surface area contributed by atoms with Gasteiger partial charge in [0.1, 0.15) is 0 Å². The van der Waals surface area contributed by atoms with Crippen molar-refractivity contribution in [3.05, 3.63) is 35.4 Å². The van der Waals surface area contributed by atoms with E-state index in [1.165, 1.54) is 11.1 Å². The quantitative estimate of drug-likeness (QED) is 0.845. The Morgan fingerprint density at radius 2 is 2.17 bits per heavy atom. The number of piperidine rings is 1. The number of aryl methyl sites for hydroxylation is 1. The normalized spacial score (nSPS) is 23.5. The molecule has 1 aromatic rings. The van der Waals surface area contributed by atoms with Crippen LogP contribution < -0.4 is 5.32 Å². The van der Waals surface area contributed by atoms with E-state index >= 15 is 0 Å². The molecule has 0 spiro atoms. The van der Waals surface area contributed by atoms with E-state index < -0.39 is 0 Å². The van der Waals surface area contributed by atoms with Crippen molar-refractivity contribution in [1.82, 2.24) is 10.2 Å². The zero-order valence-electron chi connectivity index (χ0n) is 14.6. The lowest BCUT2D eigenvalue weighted by Gasteiger charge is -2.38. The first-order valence-electron chi connectivity index (χ1n) is 8.70. The van der Waals surface area contributed by atoms with Crippen LogP contribution in [0.25, 0.3) is 0 Å². The molecule has 4 heteroatoms. The summed E-state index contributed by atoms with van der Waals surface area (Å²) in [6.07, 6.45) is 3.08. The molecule has 1 saturated heterocycles. The highest BCUT2D eigenvalue weighted by atomic mass is 16.3. The number of likely N-dealkylation sites (tertiary alicyclic amines) is 1. The molecule has 2 rings (SSSR count). The summed E-state index contributed by atoms with van der Waals surface area (Å²) < 4.78 is 0. The van der Waals surface area contributed by atoms with Gasteiger partial charge in [-0.25, -0.2) is 0 Å². The van der Waals surface area contributed by atoms with Crippen LogP contribution in [0.2, 0.25) is 0 Å². The summed E-state index contributed by atoms with van der Waals surface area (Å²) in [6, 6.07) is 8.52. The smallest absolute Gasteiger partial charge is 0.234 e. The van der Waals surface area contributed by atoms with E-state index in [4.69, 9.17) is 0 Å². The molecule has 1 fully saturated rings. The lowest BCUT2D eigenvalue weighted by molar-refractivity contribution is -0.124. The van der Waals surface area contributed by atoms with E-state index in [9.17, 15) is 9.90 Å². The highest BCUT2D eigenvalue weighted by Crippen LogP contribution is 2.22. The second-order valence-corrected chi connectivity index (χ2v) is 6.94. The van der Waals surface area contributed by atoms with Crippen LogP contribution in [0.3, 0.4) is 0 Å². The maximum atomic E-state index is 12.3. The van der Waals surface area contributed by atoms with Crippen LogP contribution in [0.1, 0.15) is 37.8 Å². The highest BCUT2D eigenvalue weighted by Gasteiger charge is 2.29. The fraction of sp³-hybridized carbons (Fsp3) is 0.632. The fourth-order valence-electron chi connectivity index (χ4n) is 3.55. The third kappa shape index (κ3) is 5.05. The maximum absolute atomic E-state index is 12.3. The second kappa shape index (κ2) is 8.46. The molecule has 128 valence electrons. The third-order valence-corrected chi connectivity index (χ3v) is 4.96. The number of carbonyl (C=O) groups excluding carboxylic acids is 1. The molecular formula is C19H30N2O2. The van der Waals surface area contributed by atoms with Gasteiger partial charge in [-0.3, -0.25) is 9.69 Å². The summed E-state index contributed by atoms with van der Waals surface area (Å²) in [4.78, 5) is 14.5. The lowest BCUT2D eigenvalue weighted by Crippen LogP contribution is -2.51. The van der Waals surface area contributed by atoms with Gasteiger partial charge in [-0.2, -0.15) is 0 Å². The van der Waals surface area contributed by atoms with Gasteiger partial charge < -0.3 is 10.4 Å². The molecule has 0 aromatic heterocycles. The van der Waals surface area contributed by atoms with Crippen LogP contribution >= 0.6 is 0 Å². The van der Waals surface area contributed by atoms with Gasteiger partial charge >= 0.3 is 0 Å². The molecule has 0 saturated carbocycles. The van der Waals surface area contributed by atoms with Crippen molar-refractivity contribution in [1.29, 1.82) is 0 Å². The van der Waals surface area contributed by atoms with Gasteiger partial charge in [-0.1, -0.05) is 31.2 Å². The number of hydrogen-bond acceptors (Lipinski definition) is 3. The second-order valence-electron chi connectivity index (χ2n) is 6.94. The standard InChI is InChI=1S/C19H30N2O2/c1-14-7-4-5-9-17(14)11-16(3)20-19(23)12-21-10-6-8-15(2)18(21)13-22/h4-5,7,9,15-16,18,22H,6,8,10-13H2,1-3H3,(H,20,23). The van der Waals surface area contributed by atoms with Crippen LogP contribution in [0, 0.1) is 12.8 Å². The Morgan fingerprint density at radius 3 is 2.87 bits per heavy atom. The molecular weight excluding hydrogens is 288 g/mol. The van der Waals surface area contributed by atoms with Gasteiger partial charge in [-0.05, 0) is 56.7 Å². The Balaban J connectivity index is 1.85. The molecule has 2 N–H and O–H groups in total. The van der Waals surface area contributed by atoms with Gasteiger partial charge in [0.05, 0.1) is 13.2 Å². The molecule has 4 nitrogen and oxygen atoms in total. The molecule has 1 aliphatic rings. The zero-order valence-corrected chi connectivity index (χ0v) is 14.6. The van der Waals surface area contributed by atoms with E-state index in [1.807, 2.05) is 19.1 Å². The number of carbonyl (C=O) groups is 1. The van der Waals surface area contributed by atoms with Crippen molar-refractivity contribution >= 4 is 5.91 Å². The van der Waals surface area contributed by atoms with Gasteiger partial charge in [0.25, 0.3) is 0 Å². The Kier molecular flexibility index (Phi) is 6.60. The number of nitrogens with zero attached hydrogens (tertiary/aromatic N) is 1. The van der Waals surface area contributed by atoms with Crippen molar-refractivity contribution in [3.63, 3.8) is 0 Å². The number of aliphatic hydroxyl groups excluding tert-OH is 1. The van der Waals surface area contributed by atoms with Gasteiger partial charge in [0, 0.05) is 12.1 Å². The average molecular weight is 318 g/mol. The number of benzene rings is 1. The molecule has 1 aliphatic heterocycles. The monoisotopic (exact) mass is 318 g/mol. The van der Waals surface area contributed by atoms with Crippen LogP contribution in [0.5, 0.6) is 0 Å². The topological polar surface area (TPSA) is 52.6 Å². The van der Waals surface area contributed by atoms with Gasteiger partial charge in [0.15, 0.2) is 0 Å². The maximum Gasteiger partial charge on any atom is 0.234 e. The Bertz CT molecular complexity index is 518. The van der Waals surface area contributed by atoms with E-state index in [0.717, 1.165) is 25.8 Å². The van der Waals surface area contributed by atoms with Gasteiger partial charge in [-0.15, -0.1) is 0 Å². The van der Waals surface area contributed by atoms with Crippen molar-refractivity contribution < 1.29 is 9.90 Å². The van der Waals surface area contributed by atoms with Crippen molar-refractivity contribution in [2.45, 2.75) is 52.1 Å². The molecule has 1 amide bonds. The molecule has 23 heavy (non-hydrogen) atoms. The molecule has 1 heterocycles. The SMILES string of the molecule is Cc1ccccc1CC(C)NC(=O)CN1CCCC(C)C1CO. The van der Waals surface area contributed by atoms with Crippen LogP contribution in [-0.4, -0.2) is 47.7 Å². The first-order valence-corrected chi connectivity index (χ1v) is 8.70. The first kappa shape index (κ1) is 18.0. The number of hydrogen-bond donors (Lipinski definition) is 2. The summed E-state index contributed by atoms with van der Waals surface area (Å²) in [5, 5.41) is 12.7. The Morgan fingerprint density at radius 1 is 1.43 bits per heavy atom. The van der Waals surface area contributed by atoms with E-state index in [1.54, 1.807) is 0 Å². The van der Waals surface area contributed by atoms with E-state index in [-0.39, 0.29) is 24.6 Å². The number of rotatable bonds is 6. The van der Waals surface area contributed by atoms with Crippen LogP contribution in [0.15, 0.2) is 24.3 Å². The highest BCUT2D eigenvalue weighted by molar-refractivity contribution is 5.78. The van der Waals surface area contributed by atoms with Crippen LogP contribution in [-0.2, 0) is 11.2 Å². The summed E-state index contributed by atoms with van der Waals surface area (Å²) in [7, 11) is 0. The van der Waals surface area contributed by atoms with E-state index in [2.05, 4.69) is 36.2 Å². The Hall–Kier alpha value is -1.39. The lowest BCUT2D eigenvalue weighted by atomic mass is 9.91. The molecule has 0 bridgehead atoms. The van der Waals surface area contributed by atoms with Crippen molar-refractivity contribution in [2.24, 2.45) is 5.92 Å². The largest absolute Gasteiger partial charge is 0.395 e. The average Bonchev–Trinajstić information content (AvgIpc) is 2.49. The predicted molar refractivity (Wildman–Crippen MR) is 93.3 cm³/mol. The number of aliphatic hydroxyl groups is 1. The molecule has 3 unspecified atom stereocenters. The van der Waals surface area contributed by atoms with Crippen molar-refractivity contribution in [2.75, 3.05) is 19.7 Å². The molecule has 1 aromatic carbocycles. The van der Waals surface area contributed by atoms with Gasteiger partial charge in [0.2, 0.25) is 5.91 Å². The van der Waals surface area contributed by atoms with Crippen molar-refractivity contribution in [3.8, 4) is 0 Å². The number of nitrogens with one attached hydrogen (secondary N) is 1. The minimum absolute atomic E-state index is 0.0543. The first-order chi connectivity index (χ1) is 11.0.